The van der Waals surface area contributed by atoms with Gasteiger partial charge in [0.15, 0.2) is 0 Å². The zero-order valence-corrected chi connectivity index (χ0v) is 10.0. The number of fused-ring (bicyclic) bond motifs is 1. The van der Waals surface area contributed by atoms with Crippen LogP contribution in [0.3, 0.4) is 0 Å². The molecule has 0 aromatic heterocycles. The van der Waals surface area contributed by atoms with Crippen LogP contribution in [0.1, 0.15) is 22.3 Å². The lowest BCUT2D eigenvalue weighted by Crippen LogP contribution is -2.08. The number of hydrogen-bond acceptors (Lipinski definition) is 0. The van der Waals surface area contributed by atoms with Crippen molar-refractivity contribution in [2.75, 3.05) is 0 Å². The molecule has 1 aliphatic rings. The van der Waals surface area contributed by atoms with Crippen LogP contribution in [0.2, 0.25) is 0 Å². The second-order valence-corrected chi connectivity index (χ2v) is 4.52. The first kappa shape index (κ1) is 12.0. The topological polar surface area (TPSA) is 0 Å². The fraction of sp³-hybridized carbons (Fsp3) is 0.125. The Labute approximate surface area is 109 Å². The molecule has 0 saturated heterocycles. The van der Waals surface area contributed by atoms with E-state index in [1.165, 1.54) is 12.1 Å². The highest BCUT2D eigenvalue weighted by molar-refractivity contribution is 5.86. The van der Waals surface area contributed by atoms with Crippen molar-refractivity contribution in [1.82, 2.24) is 0 Å². The van der Waals surface area contributed by atoms with Crippen molar-refractivity contribution in [3.63, 3.8) is 0 Å². The number of allylic oxidation sites excluding steroid dienone is 1. The molecular weight excluding hydrogens is 249 g/mol. The van der Waals surface area contributed by atoms with Gasteiger partial charge in [-0.15, -0.1) is 0 Å². The largest absolute Gasteiger partial charge is 0.417 e. The van der Waals surface area contributed by atoms with Gasteiger partial charge in [0.1, 0.15) is 0 Å². The van der Waals surface area contributed by atoms with Gasteiger partial charge in [0.25, 0.3) is 0 Å². The second-order valence-electron chi connectivity index (χ2n) is 4.52. The van der Waals surface area contributed by atoms with E-state index in [1.54, 1.807) is 6.07 Å². The van der Waals surface area contributed by atoms with Gasteiger partial charge in [-0.3, -0.25) is 0 Å². The van der Waals surface area contributed by atoms with Crippen molar-refractivity contribution in [3.05, 3.63) is 76.9 Å². The van der Waals surface area contributed by atoms with Crippen LogP contribution in [-0.2, 0) is 12.6 Å². The second kappa shape index (κ2) is 4.26. The number of benzene rings is 2. The van der Waals surface area contributed by atoms with E-state index < -0.39 is 11.7 Å². The van der Waals surface area contributed by atoms with Gasteiger partial charge in [0.2, 0.25) is 0 Å². The molecule has 0 unspecified atom stereocenters. The molecule has 3 rings (SSSR count). The molecule has 19 heavy (non-hydrogen) atoms. The third kappa shape index (κ3) is 2.05. The molecule has 0 radical (unpaired) electrons. The average Bonchev–Trinajstić information content (AvgIpc) is 2.81. The molecule has 2 aromatic rings. The summed E-state index contributed by atoms with van der Waals surface area (Å²) in [4.78, 5) is 0. The summed E-state index contributed by atoms with van der Waals surface area (Å²) in [5.74, 6) is 0. The lowest BCUT2D eigenvalue weighted by molar-refractivity contribution is -0.137. The van der Waals surface area contributed by atoms with Gasteiger partial charge in [-0.25, -0.2) is 0 Å². The van der Waals surface area contributed by atoms with Crippen LogP contribution in [-0.4, -0.2) is 0 Å². The van der Waals surface area contributed by atoms with Gasteiger partial charge in [-0.05, 0) is 34.8 Å². The molecule has 2 aromatic carbocycles. The monoisotopic (exact) mass is 260 g/mol. The minimum absolute atomic E-state index is 0.264. The molecule has 0 bridgehead atoms. The molecule has 0 saturated carbocycles. The predicted molar refractivity (Wildman–Crippen MR) is 68.7 cm³/mol. The molecule has 0 amide bonds. The van der Waals surface area contributed by atoms with Crippen molar-refractivity contribution in [3.8, 4) is 0 Å². The quantitative estimate of drug-likeness (QED) is 0.697. The Morgan fingerprint density at radius 3 is 2.16 bits per heavy atom. The molecule has 0 atom stereocenters. The first-order chi connectivity index (χ1) is 9.07. The predicted octanol–water partition coefficient (Wildman–Crippen LogP) is 4.69. The fourth-order valence-corrected chi connectivity index (χ4v) is 2.50. The highest BCUT2D eigenvalue weighted by atomic mass is 19.4. The highest BCUT2D eigenvalue weighted by Crippen LogP contribution is 2.39. The molecule has 0 nitrogen and oxygen atoms in total. The average molecular weight is 260 g/mol. The van der Waals surface area contributed by atoms with Crippen LogP contribution in [0.25, 0.3) is 5.57 Å². The molecule has 0 N–H and O–H groups in total. The maximum atomic E-state index is 13.1. The van der Waals surface area contributed by atoms with E-state index in [9.17, 15) is 13.2 Å². The van der Waals surface area contributed by atoms with E-state index in [2.05, 4.69) is 0 Å². The molecular formula is C16H11F3. The van der Waals surface area contributed by atoms with Gasteiger partial charge in [0.05, 0.1) is 5.56 Å². The SMILES string of the molecule is FC(F)(F)c1ccccc1C1=CCc2ccccc21. The van der Waals surface area contributed by atoms with Crippen molar-refractivity contribution in [2.24, 2.45) is 0 Å². The van der Waals surface area contributed by atoms with Gasteiger partial charge in [-0.2, -0.15) is 13.2 Å². The van der Waals surface area contributed by atoms with Gasteiger partial charge in [0, 0.05) is 0 Å². The molecule has 0 spiro atoms. The number of hydrogen-bond donors (Lipinski definition) is 0. The van der Waals surface area contributed by atoms with Gasteiger partial charge in [-0.1, -0.05) is 48.5 Å². The summed E-state index contributed by atoms with van der Waals surface area (Å²) in [6, 6.07) is 13.3. The van der Waals surface area contributed by atoms with Crippen LogP contribution in [0.15, 0.2) is 54.6 Å². The maximum absolute atomic E-state index is 13.1. The minimum atomic E-state index is -4.32. The molecule has 96 valence electrons. The smallest absolute Gasteiger partial charge is 0.166 e. The Morgan fingerprint density at radius 2 is 1.42 bits per heavy atom. The number of rotatable bonds is 1. The number of alkyl halides is 3. The van der Waals surface area contributed by atoms with E-state index in [0.717, 1.165) is 17.2 Å². The number of halogens is 3. The standard InChI is InChI=1S/C16H11F3/c17-16(18,19)15-8-4-3-7-14(15)13-10-9-11-5-1-2-6-12(11)13/h1-8,10H,9H2. The highest BCUT2D eigenvalue weighted by Gasteiger charge is 2.34. The van der Waals surface area contributed by atoms with E-state index in [0.29, 0.717) is 12.0 Å². The van der Waals surface area contributed by atoms with Crippen molar-refractivity contribution in [2.45, 2.75) is 12.6 Å². The molecule has 0 aliphatic heterocycles. The van der Waals surface area contributed by atoms with Crippen LogP contribution in [0.5, 0.6) is 0 Å². The Bertz CT molecular complexity index is 651. The Morgan fingerprint density at radius 1 is 0.789 bits per heavy atom. The zero-order valence-electron chi connectivity index (χ0n) is 10.0. The van der Waals surface area contributed by atoms with Crippen LogP contribution < -0.4 is 0 Å². The van der Waals surface area contributed by atoms with E-state index in [4.69, 9.17) is 0 Å². The van der Waals surface area contributed by atoms with Crippen LogP contribution >= 0.6 is 0 Å². The normalized spacial score (nSPS) is 14.2. The summed E-state index contributed by atoms with van der Waals surface area (Å²) in [5, 5.41) is 0. The molecule has 1 aliphatic carbocycles. The summed E-state index contributed by atoms with van der Waals surface area (Å²) < 4.78 is 39.2. The van der Waals surface area contributed by atoms with Gasteiger partial charge < -0.3 is 0 Å². The lowest BCUT2D eigenvalue weighted by Gasteiger charge is -2.14. The molecule has 3 heteroatoms. The summed E-state index contributed by atoms with van der Waals surface area (Å²) in [6.45, 7) is 0. The summed E-state index contributed by atoms with van der Waals surface area (Å²) in [7, 11) is 0. The summed E-state index contributed by atoms with van der Waals surface area (Å²) in [5.41, 5.74) is 2.36. The van der Waals surface area contributed by atoms with E-state index >= 15 is 0 Å². The minimum Gasteiger partial charge on any atom is -0.166 e. The van der Waals surface area contributed by atoms with Crippen LogP contribution in [0, 0.1) is 0 Å². The zero-order chi connectivity index (χ0) is 13.5. The lowest BCUT2D eigenvalue weighted by atomic mass is 9.95. The molecule has 0 fully saturated rings. The first-order valence-corrected chi connectivity index (χ1v) is 6.02. The third-order valence-electron chi connectivity index (χ3n) is 3.36. The maximum Gasteiger partial charge on any atom is 0.417 e. The third-order valence-corrected chi connectivity index (χ3v) is 3.36. The molecule has 0 heterocycles. The first-order valence-electron chi connectivity index (χ1n) is 6.02. The van der Waals surface area contributed by atoms with Crippen LogP contribution in [0.4, 0.5) is 13.2 Å². The summed E-state index contributed by atoms with van der Waals surface area (Å²) in [6.07, 6.45) is -1.76. The van der Waals surface area contributed by atoms with Crippen molar-refractivity contribution < 1.29 is 13.2 Å². The van der Waals surface area contributed by atoms with Crippen molar-refractivity contribution >= 4 is 5.57 Å². The Kier molecular flexibility index (Phi) is 2.70. The fourth-order valence-electron chi connectivity index (χ4n) is 2.50. The van der Waals surface area contributed by atoms with E-state index in [-0.39, 0.29) is 5.56 Å². The van der Waals surface area contributed by atoms with Gasteiger partial charge >= 0.3 is 6.18 Å². The van der Waals surface area contributed by atoms with Crippen molar-refractivity contribution in [1.29, 1.82) is 0 Å². The summed E-state index contributed by atoms with van der Waals surface area (Å²) >= 11 is 0. The van der Waals surface area contributed by atoms with E-state index in [1.807, 2.05) is 30.3 Å². The Balaban J connectivity index is 2.16. The Hall–Kier alpha value is -2.03.